The minimum atomic E-state index is -0.117. The molecule has 2 N–H and O–H groups in total. The van der Waals surface area contributed by atoms with Crippen molar-refractivity contribution < 1.29 is 9.21 Å². The second-order valence-electron chi connectivity index (χ2n) is 4.49. The number of nitrogen functional groups attached to an aromatic ring is 1. The van der Waals surface area contributed by atoms with E-state index in [1.807, 2.05) is 25.1 Å². The number of furan rings is 1. The summed E-state index contributed by atoms with van der Waals surface area (Å²) in [5.41, 5.74) is 9.41. The second-order valence-corrected chi connectivity index (χ2v) is 4.49. The Bertz CT molecular complexity index is 616. The van der Waals surface area contributed by atoms with Gasteiger partial charge in [0.05, 0.1) is 17.6 Å². The molecule has 0 radical (unpaired) electrons. The molecule has 2 aromatic rings. The van der Waals surface area contributed by atoms with Gasteiger partial charge in [0.2, 0.25) is 0 Å². The Hall–Kier alpha value is -2.23. The van der Waals surface area contributed by atoms with Crippen molar-refractivity contribution in [2.75, 3.05) is 17.2 Å². The van der Waals surface area contributed by atoms with E-state index in [0.717, 1.165) is 23.2 Å². The van der Waals surface area contributed by atoms with Crippen molar-refractivity contribution in [1.29, 1.82) is 0 Å². The molecule has 1 aliphatic heterocycles. The Balaban J connectivity index is 2.03. The van der Waals surface area contributed by atoms with Gasteiger partial charge >= 0.3 is 0 Å². The molecule has 0 unspecified atom stereocenters. The molecular formula is C14H14N2O2. The van der Waals surface area contributed by atoms with Crippen molar-refractivity contribution >= 4 is 17.3 Å². The standard InChI is InChI=1S/C14H14N2O2/c1-9-6-8-18-13(9)14(17)16-7-5-10-3-2-4-11(15)12(10)16/h2-4,6,8H,5,7,15H2,1H3. The van der Waals surface area contributed by atoms with Gasteiger partial charge in [-0.05, 0) is 31.0 Å². The van der Waals surface area contributed by atoms with Gasteiger partial charge in [-0.2, -0.15) is 0 Å². The summed E-state index contributed by atoms with van der Waals surface area (Å²) >= 11 is 0. The van der Waals surface area contributed by atoms with Crippen molar-refractivity contribution in [1.82, 2.24) is 0 Å². The summed E-state index contributed by atoms with van der Waals surface area (Å²) in [6.45, 7) is 2.52. The van der Waals surface area contributed by atoms with E-state index in [4.69, 9.17) is 10.2 Å². The summed E-state index contributed by atoms with van der Waals surface area (Å²) in [4.78, 5) is 14.1. The topological polar surface area (TPSA) is 59.5 Å². The van der Waals surface area contributed by atoms with Gasteiger partial charge in [0.25, 0.3) is 5.91 Å². The lowest BCUT2D eigenvalue weighted by Crippen LogP contribution is -2.29. The van der Waals surface area contributed by atoms with Crippen molar-refractivity contribution in [3.8, 4) is 0 Å². The highest BCUT2D eigenvalue weighted by atomic mass is 16.3. The molecular weight excluding hydrogens is 228 g/mol. The molecule has 0 fully saturated rings. The molecule has 4 nitrogen and oxygen atoms in total. The fraction of sp³-hybridized carbons (Fsp3) is 0.214. The Kier molecular flexibility index (Phi) is 2.37. The van der Waals surface area contributed by atoms with Crippen LogP contribution >= 0.6 is 0 Å². The summed E-state index contributed by atoms with van der Waals surface area (Å²) in [5.74, 6) is 0.278. The van der Waals surface area contributed by atoms with Gasteiger partial charge in [-0.25, -0.2) is 0 Å². The minimum absolute atomic E-state index is 0.117. The number of carbonyl (C=O) groups is 1. The van der Waals surface area contributed by atoms with Gasteiger partial charge in [-0.3, -0.25) is 4.79 Å². The van der Waals surface area contributed by atoms with Crippen LogP contribution in [0.25, 0.3) is 0 Å². The lowest BCUT2D eigenvalue weighted by atomic mass is 10.1. The maximum atomic E-state index is 12.4. The highest BCUT2D eigenvalue weighted by Crippen LogP contribution is 2.34. The van der Waals surface area contributed by atoms with Crippen molar-refractivity contribution in [2.45, 2.75) is 13.3 Å². The first-order valence-electron chi connectivity index (χ1n) is 5.92. The predicted molar refractivity (Wildman–Crippen MR) is 69.7 cm³/mol. The third kappa shape index (κ3) is 1.49. The number of hydrogen-bond acceptors (Lipinski definition) is 3. The number of anilines is 2. The van der Waals surface area contributed by atoms with Crippen LogP contribution < -0.4 is 10.6 Å². The van der Waals surface area contributed by atoms with Crippen LogP contribution in [0.2, 0.25) is 0 Å². The maximum Gasteiger partial charge on any atom is 0.294 e. The number of rotatable bonds is 1. The molecule has 2 heterocycles. The summed E-state index contributed by atoms with van der Waals surface area (Å²) < 4.78 is 5.26. The Morgan fingerprint density at radius 3 is 2.94 bits per heavy atom. The van der Waals surface area contributed by atoms with Crippen LogP contribution in [0.15, 0.2) is 34.9 Å². The smallest absolute Gasteiger partial charge is 0.294 e. The number of nitrogens with zero attached hydrogens (tertiary/aromatic N) is 1. The van der Waals surface area contributed by atoms with Crippen molar-refractivity contribution in [3.05, 3.63) is 47.4 Å². The highest BCUT2D eigenvalue weighted by molar-refractivity contribution is 6.08. The largest absolute Gasteiger partial charge is 0.459 e. The van der Waals surface area contributed by atoms with Crippen molar-refractivity contribution in [2.24, 2.45) is 0 Å². The molecule has 92 valence electrons. The van der Waals surface area contributed by atoms with Gasteiger partial charge < -0.3 is 15.1 Å². The van der Waals surface area contributed by atoms with Gasteiger partial charge in [0.15, 0.2) is 5.76 Å². The van der Waals surface area contributed by atoms with Gasteiger partial charge in [0.1, 0.15) is 0 Å². The van der Waals surface area contributed by atoms with Crippen LogP contribution in [0.3, 0.4) is 0 Å². The van der Waals surface area contributed by atoms with Crippen LogP contribution in [-0.4, -0.2) is 12.5 Å². The molecule has 4 heteroatoms. The first-order chi connectivity index (χ1) is 8.68. The average Bonchev–Trinajstić information content (AvgIpc) is 2.95. The molecule has 1 amide bonds. The summed E-state index contributed by atoms with van der Waals surface area (Å²) in [7, 11) is 0. The summed E-state index contributed by atoms with van der Waals surface area (Å²) in [5, 5.41) is 0. The van der Waals surface area contributed by atoms with Crippen LogP contribution in [-0.2, 0) is 6.42 Å². The van der Waals surface area contributed by atoms with E-state index in [1.54, 1.807) is 11.0 Å². The van der Waals surface area contributed by atoms with E-state index in [9.17, 15) is 4.79 Å². The first-order valence-corrected chi connectivity index (χ1v) is 5.92. The number of aryl methyl sites for hydroxylation is 1. The predicted octanol–water partition coefficient (Wildman–Crippen LogP) is 2.37. The maximum absolute atomic E-state index is 12.4. The fourth-order valence-corrected chi connectivity index (χ4v) is 2.40. The quantitative estimate of drug-likeness (QED) is 0.781. The number of amides is 1. The molecule has 0 aliphatic carbocycles. The molecule has 0 bridgehead atoms. The number of fused-ring (bicyclic) bond motifs is 1. The molecule has 0 atom stereocenters. The normalized spacial score (nSPS) is 13.7. The SMILES string of the molecule is Cc1ccoc1C(=O)N1CCc2cccc(N)c21. The highest BCUT2D eigenvalue weighted by Gasteiger charge is 2.29. The molecule has 0 spiro atoms. The van der Waals surface area contributed by atoms with Gasteiger partial charge in [-0.1, -0.05) is 12.1 Å². The van der Waals surface area contributed by atoms with E-state index in [-0.39, 0.29) is 5.91 Å². The molecule has 1 aliphatic rings. The van der Waals surface area contributed by atoms with Crippen LogP contribution in [0.1, 0.15) is 21.7 Å². The lowest BCUT2D eigenvalue weighted by molar-refractivity contribution is 0.0962. The van der Waals surface area contributed by atoms with Crippen LogP contribution in [0.5, 0.6) is 0 Å². The molecule has 0 saturated carbocycles. The zero-order valence-electron chi connectivity index (χ0n) is 10.1. The molecule has 3 rings (SSSR count). The number of nitrogens with two attached hydrogens (primary N) is 1. The Labute approximate surface area is 105 Å². The summed E-state index contributed by atoms with van der Waals surface area (Å²) in [6.07, 6.45) is 2.37. The number of hydrogen-bond donors (Lipinski definition) is 1. The van der Waals surface area contributed by atoms with E-state index in [0.29, 0.717) is 18.0 Å². The lowest BCUT2D eigenvalue weighted by Gasteiger charge is -2.18. The van der Waals surface area contributed by atoms with Crippen LogP contribution in [0, 0.1) is 6.92 Å². The second kappa shape index (κ2) is 3.91. The van der Waals surface area contributed by atoms with Crippen molar-refractivity contribution in [3.63, 3.8) is 0 Å². The number of carbonyl (C=O) groups excluding carboxylic acids is 1. The molecule has 0 saturated heterocycles. The van der Waals surface area contributed by atoms with E-state index < -0.39 is 0 Å². The third-order valence-electron chi connectivity index (χ3n) is 3.33. The summed E-state index contributed by atoms with van der Waals surface area (Å²) in [6, 6.07) is 7.53. The molecule has 1 aromatic heterocycles. The van der Waals surface area contributed by atoms with E-state index >= 15 is 0 Å². The van der Waals surface area contributed by atoms with Crippen LogP contribution in [0.4, 0.5) is 11.4 Å². The number of benzene rings is 1. The zero-order chi connectivity index (χ0) is 12.7. The monoisotopic (exact) mass is 242 g/mol. The third-order valence-corrected chi connectivity index (χ3v) is 3.33. The Morgan fingerprint density at radius 1 is 1.39 bits per heavy atom. The first kappa shape index (κ1) is 10.9. The van der Waals surface area contributed by atoms with Gasteiger partial charge in [0, 0.05) is 12.1 Å². The average molecular weight is 242 g/mol. The minimum Gasteiger partial charge on any atom is -0.459 e. The van der Waals surface area contributed by atoms with E-state index in [2.05, 4.69) is 0 Å². The van der Waals surface area contributed by atoms with E-state index in [1.165, 1.54) is 6.26 Å². The number of para-hydroxylation sites is 1. The fourth-order valence-electron chi connectivity index (χ4n) is 2.40. The van der Waals surface area contributed by atoms with Gasteiger partial charge in [-0.15, -0.1) is 0 Å². The zero-order valence-corrected chi connectivity index (χ0v) is 10.1. The Morgan fingerprint density at radius 2 is 2.22 bits per heavy atom. The molecule has 18 heavy (non-hydrogen) atoms. The molecule has 1 aromatic carbocycles.